The van der Waals surface area contributed by atoms with Crippen LogP contribution >= 0.6 is 24.2 Å². The number of nitrogens with zero attached hydrogens (tertiary/aromatic N) is 1. The van der Waals surface area contributed by atoms with E-state index in [9.17, 15) is 9.90 Å². The molecule has 4 rings (SSSR count). The van der Waals surface area contributed by atoms with Gasteiger partial charge in [-0.25, -0.2) is 9.37 Å². The summed E-state index contributed by atoms with van der Waals surface area (Å²) in [5.74, 6) is -0.269. The molecule has 0 spiro atoms. The molecule has 1 atom stereocenters. The average Bonchev–Trinajstić information content (AvgIpc) is 2.83. The quantitative estimate of drug-likeness (QED) is 0.335. The molecule has 0 radical (unpaired) electrons. The number of aromatic nitrogens is 1. The zero-order valence-electron chi connectivity index (χ0n) is 18.5. The number of halogens is 2. The van der Waals surface area contributed by atoms with Gasteiger partial charge in [-0.05, 0) is 78.6 Å². The summed E-state index contributed by atoms with van der Waals surface area (Å²) in [6, 6.07) is 13.1. The number of thiol groups is 1. The predicted molar refractivity (Wildman–Crippen MR) is 137 cm³/mol. The van der Waals surface area contributed by atoms with Crippen molar-refractivity contribution in [2.24, 2.45) is 0 Å². The van der Waals surface area contributed by atoms with Crippen LogP contribution in [-0.4, -0.2) is 27.9 Å². The van der Waals surface area contributed by atoms with Crippen molar-refractivity contribution < 1.29 is 14.3 Å². The average molecular weight is 500 g/mol. The third-order valence-corrected chi connectivity index (χ3v) is 6.97. The van der Waals surface area contributed by atoms with Crippen molar-refractivity contribution in [2.75, 3.05) is 11.5 Å². The Morgan fingerprint density at radius 1 is 1.21 bits per heavy atom. The number of nitrogen functional groups attached to an aromatic ring is 1. The minimum atomic E-state index is -0.649. The van der Waals surface area contributed by atoms with Gasteiger partial charge in [0.05, 0.1) is 17.7 Å². The number of aliphatic hydroxyl groups is 1. The minimum absolute atomic E-state index is 0.0680. The SMILES string of the molecule is Nc1ncc(C2CCC(O)CC2)cc1-c1ccc(C(=O)N[C@H](CS)c2cccc(Cl)c2)c(F)c1. The molecular weight excluding hydrogens is 473 g/mol. The van der Waals surface area contributed by atoms with Crippen molar-refractivity contribution in [1.82, 2.24) is 10.3 Å². The van der Waals surface area contributed by atoms with Gasteiger partial charge in [0.25, 0.3) is 5.91 Å². The molecule has 8 heteroatoms. The van der Waals surface area contributed by atoms with Crippen LogP contribution in [0.4, 0.5) is 10.2 Å². The number of pyridine rings is 1. The summed E-state index contributed by atoms with van der Waals surface area (Å²) in [6.07, 6.45) is 4.77. The van der Waals surface area contributed by atoms with Crippen molar-refractivity contribution in [3.8, 4) is 11.1 Å². The standard InChI is InChI=1S/C26H27ClFN3O2S/c27-19-3-1-2-17(10-19)24(14-34)31-26(33)21-9-6-16(12-23(21)28)22-11-18(13-30-25(22)29)15-4-7-20(32)8-5-15/h1-3,6,9-13,15,20,24,32,34H,4-5,7-8,14H2,(H2,29,30)(H,31,33)/t15?,20?,24-/m1/s1. The number of nitrogens with two attached hydrogens (primary N) is 1. The Morgan fingerprint density at radius 3 is 2.65 bits per heavy atom. The molecule has 0 unspecified atom stereocenters. The lowest BCUT2D eigenvalue weighted by Crippen LogP contribution is -2.30. The van der Waals surface area contributed by atoms with E-state index >= 15 is 4.39 Å². The molecule has 1 heterocycles. The van der Waals surface area contributed by atoms with E-state index in [-0.39, 0.29) is 17.6 Å². The number of nitrogens with one attached hydrogen (secondary N) is 1. The Balaban J connectivity index is 1.55. The Labute approximate surface area is 209 Å². The van der Waals surface area contributed by atoms with Crippen LogP contribution in [-0.2, 0) is 0 Å². The van der Waals surface area contributed by atoms with E-state index in [0.717, 1.165) is 36.8 Å². The summed E-state index contributed by atoms with van der Waals surface area (Å²) in [6.45, 7) is 0. The third kappa shape index (κ3) is 5.54. The van der Waals surface area contributed by atoms with Crippen LogP contribution in [0.15, 0.2) is 54.7 Å². The molecule has 1 aliphatic carbocycles. The van der Waals surface area contributed by atoms with E-state index in [1.165, 1.54) is 12.1 Å². The fourth-order valence-electron chi connectivity index (χ4n) is 4.42. The van der Waals surface area contributed by atoms with E-state index in [4.69, 9.17) is 17.3 Å². The Bertz CT molecular complexity index is 1180. The number of carbonyl (C=O) groups is 1. The molecule has 0 saturated heterocycles. The van der Waals surface area contributed by atoms with Gasteiger partial charge >= 0.3 is 0 Å². The molecule has 1 aromatic heterocycles. The molecule has 178 valence electrons. The van der Waals surface area contributed by atoms with Crippen molar-refractivity contribution in [1.29, 1.82) is 0 Å². The first-order valence-electron chi connectivity index (χ1n) is 11.3. The molecule has 1 fully saturated rings. The van der Waals surface area contributed by atoms with Crippen LogP contribution in [0.1, 0.15) is 59.1 Å². The maximum atomic E-state index is 15.0. The first kappa shape index (κ1) is 24.5. The number of aliphatic hydroxyl groups excluding tert-OH is 1. The second kappa shape index (κ2) is 10.8. The molecular formula is C26H27ClFN3O2S. The molecule has 0 aliphatic heterocycles. The molecule has 5 nitrogen and oxygen atoms in total. The van der Waals surface area contributed by atoms with Gasteiger partial charge in [-0.3, -0.25) is 4.79 Å². The summed E-state index contributed by atoms with van der Waals surface area (Å²) in [7, 11) is 0. The normalized spacial score (nSPS) is 18.9. The number of carbonyl (C=O) groups excluding carboxylic acids is 1. The predicted octanol–water partition coefficient (Wildman–Crippen LogP) is 5.54. The van der Waals surface area contributed by atoms with Crippen LogP contribution in [0, 0.1) is 5.82 Å². The Morgan fingerprint density at radius 2 is 1.97 bits per heavy atom. The lowest BCUT2D eigenvalue weighted by molar-refractivity contribution is 0.0936. The van der Waals surface area contributed by atoms with Crippen molar-refractivity contribution >= 4 is 36.0 Å². The highest BCUT2D eigenvalue weighted by Crippen LogP contribution is 2.36. The van der Waals surface area contributed by atoms with Crippen molar-refractivity contribution in [2.45, 2.75) is 43.7 Å². The second-order valence-corrected chi connectivity index (χ2v) is 9.47. The lowest BCUT2D eigenvalue weighted by Gasteiger charge is -2.26. The van der Waals surface area contributed by atoms with E-state index in [1.54, 1.807) is 30.5 Å². The van der Waals surface area contributed by atoms with Crippen LogP contribution in [0.25, 0.3) is 11.1 Å². The molecule has 4 N–H and O–H groups in total. The summed E-state index contributed by atoms with van der Waals surface area (Å²) >= 11 is 10.4. The summed E-state index contributed by atoms with van der Waals surface area (Å²) in [4.78, 5) is 17.1. The van der Waals surface area contributed by atoms with Crippen LogP contribution in [0.5, 0.6) is 0 Å². The highest BCUT2D eigenvalue weighted by Gasteiger charge is 2.23. The van der Waals surface area contributed by atoms with Crippen LogP contribution < -0.4 is 11.1 Å². The number of rotatable bonds is 6. The zero-order chi connectivity index (χ0) is 24.2. The van der Waals surface area contributed by atoms with Gasteiger partial charge in [-0.15, -0.1) is 0 Å². The first-order chi connectivity index (χ1) is 16.4. The van der Waals surface area contributed by atoms with E-state index in [1.807, 2.05) is 12.1 Å². The fourth-order valence-corrected chi connectivity index (χ4v) is 4.92. The number of amides is 1. The fraction of sp³-hybridized carbons (Fsp3) is 0.308. The topological polar surface area (TPSA) is 88.2 Å². The summed E-state index contributed by atoms with van der Waals surface area (Å²) < 4.78 is 15.0. The van der Waals surface area contributed by atoms with Gasteiger partial charge in [0.2, 0.25) is 0 Å². The molecule has 34 heavy (non-hydrogen) atoms. The Kier molecular flexibility index (Phi) is 7.76. The number of hydrogen-bond acceptors (Lipinski definition) is 5. The number of hydrogen-bond donors (Lipinski definition) is 4. The number of benzene rings is 2. The molecule has 1 saturated carbocycles. The van der Waals surface area contributed by atoms with Gasteiger partial charge in [0.1, 0.15) is 11.6 Å². The summed E-state index contributed by atoms with van der Waals surface area (Å²) in [5.41, 5.74) is 9.04. The molecule has 1 amide bonds. The monoisotopic (exact) mass is 499 g/mol. The zero-order valence-corrected chi connectivity index (χ0v) is 20.2. The maximum Gasteiger partial charge on any atom is 0.254 e. The van der Waals surface area contributed by atoms with Gasteiger partial charge in [0.15, 0.2) is 0 Å². The second-order valence-electron chi connectivity index (χ2n) is 8.67. The summed E-state index contributed by atoms with van der Waals surface area (Å²) in [5, 5.41) is 13.1. The van der Waals surface area contributed by atoms with Gasteiger partial charge in [-0.2, -0.15) is 12.6 Å². The maximum absolute atomic E-state index is 15.0. The first-order valence-corrected chi connectivity index (χ1v) is 12.3. The van der Waals surface area contributed by atoms with Crippen molar-refractivity contribution in [3.05, 3.63) is 82.3 Å². The largest absolute Gasteiger partial charge is 0.393 e. The van der Waals surface area contributed by atoms with E-state index < -0.39 is 17.8 Å². The third-order valence-electron chi connectivity index (χ3n) is 6.37. The smallest absolute Gasteiger partial charge is 0.254 e. The Hall–Kier alpha value is -2.61. The van der Waals surface area contributed by atoms with E-state index in [2.05, 4.69) is 22.9 Å². The van der Waals surface area contributed by atoms with Gasteiger partial charge in [0, 0.05) is 22.5 Å². The molecule has 1 aliphatic rings. The molecule has 2 aromatic carbocycles. The van der Waals surface area contributed by atoms with Crippen LogP contribution in [0.2, 0.25) is 5.02 Å². The van der Waals surface area contributed by atoms with Gasteiger partial charge < -0.3 is 16.2 Å². The lowest BCUT2D eigenvalue weighted by atomic mass is 9.83. The minimum Gasteiger partial charge on any atom is -0.393 e. The van der Waals surface area contributed by atoms with E-state index in [0.29, 0.717) is 27.7 Å². The van der Waals surface area contributed by atoms with Crippen LogP contribution in [0.3, 0.4) is 0 Å². The highest BCUT2D eigenvalue weighted by molar-refractivity contribution is 7.80. The number of anilines is 1. The molecule has 0 bridgehead atoms. The van der Waals surface area contributed by atoms with Crippen molar-refractivity contribution in [3.63, 3.8) is 0 Å². The van der Waals surface area contributed by atoms with Gasteiger partial charge in [-0.1, -0.05) is 29.8 Å². The molecule has 3 aromatic rings. The highest BCUT2D eigenvalue weighted by atomic mass is 35.5.